The number of anilines is 1. The lowest BCUT2D eigenvalue weighted by Crippen LogP contribution is -2.17. The molecule has 0 aliphatic heterocycles. The Morgan fingerprint density at radius 2 is 1.95 bits per heavy atom. The summed E-state index contributed by atoms with van der Waals surface area (Å²) in [5.74, 6) is -0.370. The van der Waals surface area contributed by atoms with Crippen LogP contribution in [-0.2, 0) is 4.79 Å². The molecular formula is C15H12N2O4. The Balaban J connectivity index is 2.01. The highest BCUT2D eigenvalue weighted by Crippen LogP contribution is 2.12. The van der Waals surface area contributed by atoms with Crippen LogP contribution in [0.1, 0.15) is 5.56 Å². The van der Waals surface area contributed by atoms with Crippen molar-refractivity contribution in [1.82, 2.24) is 4.98 Å². The standard InChI is InChI=1S/C15H12N2O4/c18-14(19)7-6-11-8-9-16-13(10-11)17-15(20)21-12-4-2-1-3-5-12/h1-10H,(H,18,19)(H,16,17,20)/b7-6+. The first-order valence-electron chi connectivity index (χ1n) is 6.04. The smallest absolute Gasteiger partial charge is 0.418 e. The van der Waals surface area contributed by atoms with Gasteiger partial charge in [-0.2, -0.15) is 0 Å². The van der Waals surface area contributed by atoms with Crippen LogP contribution in [0.2, 0.25) is 0 Å². The van der Waals surface area contributed by atoms with Crippen LogP contribution in [0.3, 0.4) is 0 Å². The van der Waals surface area contributed by atoms with Crippen molar-refractivity contribution in [2.24, 2.45) is 0 Å². The largest absolute Gasteiger partial charge is 0.478 e. The zero-order chi connectivity index (χ0) is 15.1. The van der Waals surface area contributed by atoms with Crippen LogP contribution in [0.25, 0.3) is 6.08 Å². The molecule has 6 heteroatoms. The summed E-state index contributed by atoms with van der Waals surface area (Å²) in [5, 5.41) is 11.0. The normalized spacial score (nSPS) is 10.3. The summed E-state index contributed by atoms with van der Waals surface area (Å²) in [6.07, 6.45) is 3.19. The highest BCUT2D eigenvalue weighted by atomic mass is 16.6. The maximum atomic E-state index is 11.7. The molecule has 0 saturated heterocycles. The number of rotatable bonds is 4. The summed E-state index contributed by atoms with van der Waals surface area (Å²) in [6, 6.07) is 11.8. The molecule has 6 nitrogen and oxygen atoms in total. The second-order valence-corrected chi connectivity index (χ2v) is 3.97. The van der Waals surface area contributed by atoms with E-state index in [9.17, 15) is 9.59 Å². The number of carboxylic acid groups (broad SMARTS) is 1. The van der Waals surface area contributed by atoms with Crippen molar-refractivity contribution in [3.63, 3.8) is 0 Å². The highest BCUT2D eigenvalue weighted by molar-refractivity contribution is 5.87. The Labute approximate surface area is 120 Å². The molecule has 1 aromatic carbocycles. The van der Waals surface area contributed by atoms with Gasteiger partial charge in [0.2, 0.25) is 0 Å². The minimum absolute atomic E-state index is 0.267. The fourth-order valence-corrected chi connectivity index (χ4v) is 1.51. The second kappa shape index (κ2) is 6.85. The van der Waals surface area contributed by atoms with E-state index in [1.807, 2.05) is 6.07 Å². The van der Waals surface area contributed by atoms with Crippen LogP contribution >= 0.6 is 0 Å². The van der Waals surface area contributed by atoms with Crippen molar-refractivity contribution in [2.45, 2.75) is 0 Å². The van der Waals surface area contributed by atoms with Crippen LogP contribution in [0.15, 0.2) is 54.7 Å². The summed E-state index contributed by atoms with van der Waals surface area (Å²) in [6.45, 7) is 0. The maximum Gasteiger partial charge on any atom is 0.418 e. The van der Waals surface area contributed by atoms with Crippen LogP contribution in [-0.4, -0.2) is 22.2 Å². The Morgan fingerprint density at radius 1 is 1.19 bits per heavy atom. The van der Waals surface area contributed by atoms with Gasteiger partial charge in [-0.25, -0.2) is 14.6 Å². The van der Waals surface area contributed by atoms with E-state index >= 15 is 0 Å². The molecule has 0 fully saturated rings. The summed E-state index contributed by atoms with van der Waals surface area (Å²) in [4.78, 5) is 26.1. The number of carboxylic acids is 1. The van der Waals surface area contributed by atoms with E-state index in [2.05, 4.69) is 10.3 Å². The molecule has 2 rings (SSSR count). The van der Waals surface area contributed by atoms with E-state index in [-0.39, 0.29) is 5.82 Å². The SMILES string of the molecule is O=C(O)/C=C/c1ccnc(NC(=O)Oc2ccccc2)c1. The molecule has 0 bridgehead atoms. The molecule has 1 aromatic heterocycles. The number of amides is 1. The van der Waals surface area contributed by atoms with Crippen LogP contribution in [0.4, 0.5) is 10.6 Å². The number of carbonyl (C=O) groups excluding carboxylic acids is 1. The quantitative estimate of drug-likeness (QED) is 0.843. The van der Waals surface area contributed by atoms with Gasteiger partial charge in [0.25, 0.3) is 0 Å². The summed E-state index contributed by atoms with van der Waals surface area (Å²) in [7, 11) is 0. The molecule has 0 aliphatic carbocycles. The average molecular weight is 284 g/mol. The molecule has 0 atom stereocenters. The lowest BCUT2D eigenvalue weighted by molar-refractivity contribution is -0.131. The van der Waals surface area contributed by atoms with E-state index in [0.29, 0.717) is 11.3 Å². The van der Waals surface area contributed by atoms with E-state index in [1.54, 1.807) is 30.3 Å². The van der Waals surface area contributed by atoms with Crippen molar-refractivity contribution < 1.29 is 19.4 Å². The van der Waals surface area contributed by atoms with Crippen LogP contribution in [0.5, 0.6) is 5.75 Å². The van der Waals surface area contributed by atoms with Crippen molar-refractivity contribution in [3.8, 4) is 5.75 Å². The lowest BCUT2D eigenvalue weighted by atomic mass is 10.2. The zero-order valence-corrected chi connectivity index (χ0v) is 10.9. The zero-order valence-electron chi connectivity index (χ0n) is 10.9. The van der Waals surface area contributed by atoms with Crippen molar-refractivity contribution in [1.29, 1.82) is 0 Å². The topological polar surface area (TPSA) is 88.5 Å². The minimum Gasteiger partial charge on any atom is -0.478 e. The van der Waals surface area contributed by atoms with Crippen LogP contribution < -0.4 is 10.1 Å². The number of pyridine rings is 1. The molecule has 1 heterocycles. The lowest BCUT2D eigenvalue weighted by Gasteiger charge is -2.06. The molecule has 1 amide bonds. The monoisotopic (exact) mass is 284 g/mol. The number of benzene rings is 1. The third kappa shape index (κ3) is 4.79. The summed E-state index contributed by atoms with van der Waals surface area (Å²) >= 11 is 0. The molecular weight excluding hydrogens is 272 g/mol. The third-order valence-corrected chi connectivity index (χ3v) is 2.39. The molecule has 0 unspecified atom stereocenters. The molecule has 0 aliphatic rings. The Bertz CT molecular complexity index is 668. The van der Waals surface area contributed by atoms with E-state index in [1.165, 1.54) is 18.3 Å². The molecule has 21 heavy (non-hydrogen) atoms. The Morgan fingerprint density at radius 3 is 2.67 bits per heavy atom. The van der Waals surface area contributed by atoms with Crippen molar-refractivity contribution >= 4 is 24.0 Å². The minimum atomic E-state index is -1.05. The molecule has 2 N–H and O–H groups in total. The van der Waals surface area contributed by atoms with Gasteiger partial charge in [-0.1, -0.05) is 18.2 Å². The van der Waals surface area contributed by atoms with E-state index in [4.69, 9.17) is 9.84 Å². The van der Waals surface area contributed by atoms with Gasteiger partial charge in [0.1, 0.15) is 11.6 Å². The van der Waals surface area contributed by atoms with E-state index < -0.39 is 12.1 Å². The van der Waals surface area contributed by atoms with Crippen molar-refractivity contribution in [3.05, 3.63) is 60.3 Å². The maximum absolute atomic E-state index is 11.7. The molecule has 0 saturated carbocycles. The number of nitrogens with zero attached hydrogens (tertiary/aromatic N) is 1. The van der Waals surface area contributed by atoms with Crippen LogP contribution in [0, 0.1) is 0 Å². The summed E-state index contributed by atoms with van der Waals surface area (Å²) in [5.41, 5.74) is 0.599. The number of hydrogen-bond acceptors (Lipinski definition) is 4. The third-order valence-electron chi connectivity index (χ3n) is 2.39. The van der Waals surface area contributed by atoms with Crippen molar-refractivity contribution in [2.75, 3.05) is 5.32 Å². The molecule has 0 spiro atoms. The average Bonchev–Trinajstić information content (AvgIpc) is 2.46. The van der Waals surface area contributed by atoms with Gasteiger partial charge in [0.15, 0.2) is 0 Å². The van der Waals surface area contributed by atoms with Gasteiger partial charge < -0.3 is 9.84 Å². The fraction of sp³-hybridized carbons (Fsp3) is 0. The van der Waals surface area contributed by atoms with Gasteiger partial charge in [-0.05, 0) is 35.9 Å². The fourth-order valence-electron chi connectivity index (χ4n) is 1.51. The number of aliphatic carboxylic acids is 1. The molecule has 2 aromatic rings. The Hall–Kier alpha value is -3.15. The first-order chi connectivity index (χ1) is 10.1. The van der Waals surface area contributed by atoms with Gasteiger partial charge in [-0.15, -0.1) is 0 Å². The first-order valence-corrected chi connectivity index (χ1v) is 6.04. The van der Waals surface area contributed by atoms with Gasteiger partial charge in [0.05, 0.1) is 0 Å². The predicted molar refractivity (Wildman–Crippen MR) is 77.0 cm³/mol. The first kappa shape index (κ1) is 14.3. The number of aromatic nitrogens is 1. The molecule has 106 valence electrons. The number of ether oxygens (including phenoxy) is 1. The number of hydrogen-bond donors (Lipinski definition) is 2. The molecule has 0 radical (unpaired) electrons. The predicted octanol–water partition coefficient (Wildman–Crippen LogP) is 2.79. The second-order valence-electron chi connectivity index (χ2n) is 3.97. The van der Waals surface area contributed by atoms with Gasteiger partial charge in [-0.3, -0.25) is 5.32 Å². The summed E-state index contributed by atoms with van der Waals surface area (Å²) < 4.78 is 5.05. The van der Waals surface area contributed by atoms with E-state index in [0.717, 1.165) is 6.08 Å². The van der Waals surface area contributed by atoms with Gasteiger partial charge >= 0.3 is 12.1 Å². The van der Waals surface area contributed by atoms with Gasteiger partial charge in [0, 0.05) is 12.3 Å². The number of para-hydroxylation sites is 1. The number of nitrogens with one attached hydrogen (secondary N) is 1. The number of carbonyl (C=O) groups is 2. The Kier molecular flexibility index (Phi) is 4.66. The highest BCUT2D eigenvalue weighted by Gasteiger charge is 2.05.